The van der Waals surface area contributed by atoms with Gasteiger partial charge in [0.15, 0.2) is 5.82 Å². The lowest BCUT2D eigenvalue weighted by molar-refractivity contribution is 0.601. The van der Waals surface area contributed by atoms with E-state index < -0.39 is 10.0 Å². The zero-order valence-corrected chi connectivity index (χ0v) is 12.7. The molecule has 3 rings (SSSR count). The Kier molecular flexibility index (Phi) is 3.86. The first-order chi connectivity index (χ1) is 10.6. The van der Waals surface area contributed by atoms with Crippen molar-refractivity contribution in [2.45, 2.75) is 36.5 Å². The zero-order chi connectivity index (χ0) is 15.6. The van der Waals surface area contributed by atoms with E-state index in [-0.39, 0.29) is 10.7 Å². The molecule has 0 atom stereocenters. The molecule has 1 aromatic carbocycles. The Morgan fingerprint density at radius 3 is 2.77 bits per heavy atom. The Bertz CT molecular complexity index is 814. The highest BCUT2D eigenvalue weighted by molar-refractivity contribution is 7.92. The summed E-state index contributed by atoms with van der Waals surface area (Å²) in [6.45, 7) is 0. The van der Waals surface area contributed by atoms with Gasteiger partial charge in [-0.15, -0.1) is 0 Å². The maximum absolute atomic E-state index is 12.3. The zero-order valence-electron chi connectivity index (χ0n) is 11.9. The third-order valence-electron chi connectivity index (χ3n) is 3.91. The lowest BCUT2D eigenvalue weighted by atomic mass is 10.1. The summed E-state index contributed by atoms with van der Waals surface area (Å²) < 4.78 is 27.1. The van der Waals surface area contributed by atoms with Gasteiger partial charge in [-0.25, -0.2) is 8.42 Å². The van der Waals surface area contributed by atoms with Crippen molar-refractivity contribution in [2.75, 3.05) is 4.72 Å². The van der Waals surface area contributed by atoms with Crippen LogP contribution in [0.1, 0.15) is 42.9 Å². The van der Waals surface area contributed by atoms with Crippen LogP contribution in [0.2, 0.25) is 0 Å². The van der Waals surface area contributed by atoms with Crippen LogP contribution in [0.5, 0.6) is 0 Å². The molecule has 0 amide bonds. The highest BCUT2D eigenvalue weighted by atomic mass is 32.2. The largest absolute Gasteiger partial charge is 0.280 e. The van der Waals surface area contributed by atoms with Gasteiger partial charge >= 0.3 is 0 Å². The van der Waals surface area contributed by atoms with E-state index in [4.69, 9.17) is 5.26 Å². The second kappa shape index (κ2) is 5.81. The molecule has 0 spiro atoms. The summed E-state index contributed by atoms with van der Waals surface area (Å²) in [4.78, 5) is 0.0527. The van der Waals surface area contributed by atoms with E-state index in [0.29, 0.717) is 11.5 Å². The Morgan fingerprint density at radius 2 is 2.05 bits per heavy atom. The summed E-state index contributed by atoms with van der Waals surface area (Å²) in [6, 6.07) is 9.58. The van der Waals surface area contributed by atoms with Crippen molar-refractivity contribution < 1.29 is 8.42 Å². The molecule has 114 valence electrons. The molecule has 1 aliphatic rings. The van der Waals surface area contributed by atoms with Crippen LogP contribution in [0.25, 0.3) is 0 Å². The summed E-state index contributed by atoms with van der Waals surface area (Å²) in [6.07, 6.45) is 4.62. The molecule has 6 nitrogen and oxygen atoms in total. The van der Waals surface area contributed by atoms with E-state index in [1.54, 1.807) is 18.2 Å². The molecule has 0 unspecified atom stereocenters. The number of hydrogen-bond acceptors (Lipinski definition) is 4. The molecule has 2 aromatic rings. The maximum atomic E-state index is 12.3. The van der Waals surface area contributed by atoms with Gasteiger partial charge in [0.25, 0.3) is 10.0 Å². The van der Waals surface area contributed by atoms with Crippen molar-refractivity contribution in [1.82, 2.24) is 10.2 Å². The monoisotopic (exact) mass is 316 g/mol. The molecule has 1 fully saturated rings. The standard InChI is InChI=1S/C15H16N4O2S/c16-10-11-4-3-7-13(8-11)22(20,21)19-15-9-14(17-18-15)12-5-1-2-6-12/h3-4,7-9,12H,1-2,5-6H2,(H2,17,18,19). The molecular weight excluding hydrogens is 300 g/mol. The number of nitrogens with zero attached hydrogens (tertiary/aromatic N) is 2. The molecule has 0 radical (unpaired) electrons. The average molecular weight is 316 g/mol. The van der Waals surface area contributed by atoms with Crippen LogP contribution in [-0.4, -0.2) is 18.6 Å². The SMILES string of the molecule is N#Cc1cccc(S(=O)(=O)Nc2cc(C3CCCC3)[nH]n2)c1. The summed E-state index contributed by atoms with van der Waals surface area (Å²) >= 11 is 0. The molecule has 7 heteroatoms. The minimum absolute atomic E-state index is 0.0527. The number of aromatic nitrogens is 2. The van der Waals surface area contributed by atoms with Crippen molar-refractivity contribution in [3.05, 3.63) is 41.6 Å². The Balaban J connectivity index is 1.80. The predicted octanol–water partition coefficient (Wildman–Crippen LogP) is 2.74. The number of rotatable bonds is 4. The molecule has 0 saturated heterocycles. The maximum Gasteiger partial charge on any atom is 0.263 e. The summed E-state index contributed by atoms with van der Waals surface area (Å²) in [7, 11) is -3.74. The normalized spacial score (nSPS) is 15.6. The molecule has 22 heavy (non-hydrogen) atoms. The molecule has 1 saturated carbocycles. The van der Waals surface area contributed by atoms with Crippen molar-refractivity contribution >= 4 is 15.8 Å². The van der Waals surface area contributed by atoms with Crippen molar-refractivity contribution in [2.24, 2.45) is 0 Å². The highest BCUT2D eigenvalue weighted by Crippen LogP contribution is 2.33. The number of anilines is 1. The number of nitriles is 1. The highest BCUT2D eigenvalue weighted by Gasteiger charge is 2.21. The topological polar surface area (TPSA) is 98.6 Å². The Labute approximate surface area is 129 Å². The first kappa shape index (κ1) is 14.6. The number of H-pyrrole nitrogens is 1. The van der Waals surface area contributed by atoms with Crippen LogP contribution in [0.4, 0.5) is 5.82 Å². The minimum Gasteiger partial charge on any atom is -0.280 e. The van der Waals surface area contributed by atoms with E-state index in [9.17, 15) is 8.42 Å². The van der Waals surface area contributed by atoms with Crippen molar-refractivity contribution in [1.29, 1.82) is 5.26 Å². The summed E-state index contributed by atoms with van der Waals surface area (Å²) in [5, 5.41) is 15.8. The van der Waals surface area contributed by atoms with Gasteiger partial charge in [0, 0.05) is 17.7 Å². The van der Waals surface area contributed by atoms with Gasteiger partial charge in [-0.05, 0) is 31.0 Å². The first-order valence-corrected chi connectivity index (χ1v) is 8.65. The van der Waals surface area contributed by atoms with E-state index in [2.05, 4.69) is 14.9 Å². The number of nitrogens with one attached hydrogen (secondary N) is 2. The smallest absolute Gasteiger partial charge is 0.263 e. The molecule has 2 N–H and O–H groups in total. The summed E-state index contributed by atoms with van der Waals surface area (Å²) in [5.41, 5.74) is 1.28. The lowest BCUT2D eigenvalue weighted by Crippen LogP contribution is -2.13. The van der Waals surface area contributed by atoms with Crippen LogP contribution < -0.4 is 4.72 Å². The van der Waals surface area contributed by atoms with Gasteiger partial charge < -0.3 is 0 Å². The van der Waals surface area contributed by atoms with E-state index in [1.165, 1.54) is 25.0 Å². The van der Waals surface area contributed by atoms with E-state index >= 15 is 0 Å². The Morgan fingerprint density at radius 1 is 1.27 bits per heavy atom. The second-order valence-electron chi connectivity index (χ2n) is 5.44. The van der Waals surface area contributed by atoms with Gasteiger partial charge in [-0.1, -0.05) is 18.9 Å². The molecule has 1 aliphatic carbocycles. The molecular formula is C15H16N4O2S. The van der Waals surface area contributed by atoms with E-state index in [0.717, 1.165) is 18.5 Å². The van der Waals surface area contributed by atoms with Crippen LogP contribution in [0.3, 0.4) is 0 Å². The molecule has 1 heterocycles. The number of hydrogen-bond donors (Lipinski definition) is 2. The van der Waals surface area contributed by atoms with Crippen molar-refractivity contribution in [3.63, 3.8) is 0 Å². The fourth-order valence-electron chi connectivity index (χ4n) is 2.76. The van der Waals surface area contributed by atoms with Crippen LogP contribution >= 0.6 is 0 Å². The molecule has 1 aromatic heterocycles. The van der Waals surface area contributed by atoms with Crippen LogP contribution in [-0.2, 0) is 10.0 Å². The number of aromatic amines is 1. The fourth-order valence-corrected chi connectivity index (χ4v) is 3.80. The molecule has 0 aliphatic heterocycles. The molecule has 0 bridgehead atoms. The number of benzene rings is 1. The van der Waals surface area contributed by atoms with Gasteiger partial charge in [0.1, 0.15) is 0 Å². The predicted molar refractivity (Wildman–Crippen MR) is 81.8 cm³/mol. The van der Waals surface area contributed by atoms with Crippen LogP contribution in [0, 0.1) is 11.3 Å². The van der Waals surface area contributed by atoms with E-state index in [1.807, 2.05) is 6.07 Å². The van der Waals surface area contributed by atoms with Gasteiger partial charge in [-0.2, -0.15) is 10.4 Å². The van der Waals surface area contributed by atoms with Crippen LogP contribution in [0.15, 0.2) is 35.2 Å². The Hall–Kier alpha value is -2.33. The lowest BCUT2D eigenvalue weighted by Gasteiger charge is -2.05. The quantitative estimate of drug-likeness (QED) is 0.906. The fraction of sp³-hybridized carbons (Fsp3) is 0.333. The van der Waals surface area contributed by atoms with Gasteiger partial charge in [-0.3, -0.25) is 9.82 Å². The second-order valence-corrected chi connectivity index (χ2v) is 7.12. The van der Waals surface area contributed by atoms with Gasteiger partial charge in [0.2, 0.25) is 0 Å². The number of sulfonamides is 1. The summed E-state index contributed by atoms with van der Waals surface area (Å²) in [5.74, 6) is 0.719. The third-order valence-corrected chi connectivity index (χ3v) is 5.26. The third kappa shape index (κ3) is 2.97. The van der Waals surface area contributed by atoms with Crippen molar-refractivity contribution in [3.8, 4) is 6.07 Å². The van der Waals surface area contributed by atoms with Gasteiger partial charge in [0.05, 0.1) is 16.5 Å². The first-order valence-electron chi connectivity index (χ1n) is 7.17. The minimum atomic E-state index is -3.74. The average Bonchev–Trinajstić information content (AvgIpc) is 3.18.